The standard InChI is InChI=1S/C10H15BN2O3/c1-2-3-8(12-10(11)15)6-7-4-5-16-13-9(7)14/h2-3,7-8H,4-6H2,1H3,(H,12,15)(H,13,14)/b3-2+/t7-,8+/m0/s1. The second-order valence-electron chi connectivity index (χ2n) is 3.68. The molecule has 1 aliphatic heterocycles. The van der Waals surface area contributed by atoms with Gasteiger partial charge in [0, 0.05) is 12.0 Å². The summed E-state index contributed by atoms with van der Waals surface area (Å²) in [4.78, 5) is 27.0. The molecule has 0 aromatic rings. The van der Waals surface area contributed by atoms with Crippen LogP contribution in [0.5, 0.6) is 0 Å². The van der Waals surface area contributed by atoms with E-state index in [1.165, 1.54) is 0 Å². The zero-order valence-corrected chi connectivity index (χ0v) is 9.23. The number of hydroxylamine groups is 1. The Hall–Kier alpha value is -1.30. The van der Waals surface area contributed by atoms with E-state index >= 15 is 0 Å². The zero-order valence-electron chi connectivity index (χ0n) is 9.23. The molecule has 0 bridgehead atoms. The normalized spacial score (nSPS) is 22.8. The minimum Gasteiger partial charge on any atom is -0.360 e. The zero-order chi connectivity index (χ0) is 12.0. The van der Waals surface area contributed by atoms with E-state index in [2.05, 4.69) is 10.8 Å². The third-order valence-corrected chi connectivity index (χ3v) is 2.40. The first-order chi connectivity index (χ1) is 7.63. The number of nitrogens with one attached hydrogen (secondary N) is 2. The summed E-state index contributed by atoms with van der Waals surface area (Å²) >= 11 is 0. The first-order valence-electron chi connectivity index (χ1n) is 5.24. The van der Waals surface area contributed by atoms with Gasteiger partial charge in [-0.05, 0) is 19.8 Å². The minimum absolute atomic E-state index is 0.146. The van der Waals surface area contributed by atoms with Crippen LogP contribution < -0.4 is 10.8 Å². The van der Waals surface area contributed by atoms with Gasteiger partial charge in [-0.15, -0.1) is 0 Å². The summed E-state index contributed by atoms with van der Waals surface area (Å²) in [5.74, 6) is -0.885. The summed E-state index contributed by atoms with van der Waals surface area (Å²) < 4.78 is 0. The van der Waals surface area contributed by atoms with Crippen molar-refractivity contribution in [3.05, 3.63) is 12.2 Å². The largest absolute Gasteiger partial charge is 0.360 e. The summed E-state index contributed by atoms with van der Waals surface area (Å²) in [6.45, 7) is 2.34. The maximum absolute atomic E-state index is 11.4. The van der Waals surface area contributed by atoms with Crippen LogP contribution >= 0.6 is 0 Å². The van der Waals surface area contributed by atoms with Crippen LogP contribution in [0, 0.1) is 5.92 Å². The first kappa shape index (κ1) is 12.8. The van der Waals surface area contributed by atoms with Crippen molar-refractivity contribution < 1.29 is 14.4 Å². The Kier molecular flexibility index (Phi) is 5.05. The molecule has 0 spiro atoms. The van der Waals surface area contributed by atoms with Crippen molar-refractivity contribution in [3.63, 3.8) is 0 Å². The van der Waals surface area contributed by atoms with Crippen LogP contribution in [0.25, 0.3) is 0 Å². The predicted octanol–water partition coefficient (Wildman–Crippen LogP) is 0.267. The van der Waals surface area contributed by atoms with E-state index in [1.807, 2.05) is 19.1 Å². The van der Waals surface area contributed by atoms with Crippen LogP contribution in [-0.2, 0) is 9.63 Å². The van der Waals surface area contributed by atoms with Gasteiger partial charge in [-0.3, -0.25) is 14.4 Å². The number of amides is 2. The Labute approximate surface area is 96.0 Å². The van der Waals surface area contributed by atoms with Gasteiger partial charge in [0.2, 0.25) is 13.8 Å². The highest BCUT2D eigenvalue weighted by molar-refractivity contribution is 6.57. The highest BCUT2D eigenvalue weighted by Crippen LogP contribution is 2.15. The second-order valence-corrected chi connectivity index (χ2v) is 3.68. The number of carbonyl (C=O) groups excluding carboxylic acids is 2. The van der Waals surface area contributed by atoms with Crippen molar-refractivity contribution in [1.82, 2.24) is 10.8 Å². The molecule has 1 saturated heterocycles. The molecular formula is C10H15BN2O3. The van der Waals surface area contributed by atoms with Gasteiger partial charge in [-0.2, -0.15) is 0 Å². The fourth-order valence-corrected chi connectivity index (χ4v) is 1.67. The molecule has 2 atom stereocenters. The van der Waals surface area contributed by atoms with Gasteiger partial charge in [0.25, 0.3) is 0 Å². The van der Waals surface area contributed by atoms with Crippen LogP contribution in [0.3, 0.4) is 0 Å². The highest BCUT2D eigenvalue weighted by Gasteiger charge is 2.25. The summed E-state index contributed by atoms with van der Waals surface area (Å²) in [6, 6.07) is -0.212. The molecule has 0 saturated carbocycles. The van der Waals surface area contributed by atoms with E-state index in [1.54, 1.807) is 0 Å². The number of allylic oxidation sites excluding steroid dienone is 1. The number of hydrogen-bond acceptors (Lipinski definition) is 3. The third-order valence-electron chi connectivity index (χ3n) is 2.40. The van der Waals surface area contributed by atoms with E-state index in [-0.39, 0.29) is 17.9 Å². The summed E-state index contributed by atoms with van der Waals surface area (Å²) in [5.41, 5.74) is 2.33. The van der Waals surface area contributed by atoms with E-state index in [4.69, 9.17) is 12.7 Å². The maximum Gasteiger partial charge on any atom is 0.246 e. The minimum atomic E-state index is -0.587. The average molecular weight is 222 g/mol. The van der Waals surface area contributed by atoms with Gasteiger partial charge in [-0.25, -0.2) is 5.48 Å². The molecule has 2 amide bonds. The van der Waals surface area contributed by atoms with Gasteiger partial charge in [-0.1, -0.05) is 12.2 Å². The predicted molar refractivity (Wildman–Crippen MR) is 59.7 cm³/mol. The Balaban J connectivity index is 2.52. The molecule has 0 unspecified atom stereocenters. The monoisotopic (exact) mass is 222 g/mol. The Morgan fingerprint density at radius 2 is 2.56 bits per heavy atom. The highest BCUT2D eigenvalue weighted by atomic mass is 16.7. The summed E-state index contributed by atoms with van der Waals surface area (Å²) in [5, 5.41) is 2.58. The molecule has 16 heavy (non-hydrogen) atoms. The van der Waals surface area contributed by atoms with Gasteiger partial charge in [0.1, 0.15) is 0 Å². The van der Waals surface area contributed by atoms with Crippen molar-refractivity contribution in [1.29, 1.82) is 0 Å². The molecule has 2 N–H and O–H groups in total. The molecule has 86 valence electrons. The van der Waals surface area contributed by atoms with E-state index in [0.29, 0.717) is 19.4 Å². The third kappa shape index (κ3) is 4.06. The molecule has 0 aliphatic carbocycles. The second kappa shape index (κ2) is 6.32. The molecular weight excluding hydrogens is 207 g/mol. The fraction of sp³-hybridized carbons (Fsp3) is 0.600. The molecule has 0 aromatic carbocycles. The number of hydrogen-bond donors (Lipinski definition) is 2. The maximum atomic E-state index is 11.4. The molecule has 2 radical (unpaired) electrons. The smallest absolute Gasteiger partial charge is 0.246 e. The van der Waals surface area contributed by atoms with Crippen molar-refractivity contribution in [2.75, 3.05) is 6.61 Å². The Morgan fingerprint density at radius 3 is 3.12 bits per heavy atom. The molecule has 1 aliphatic rings. The molecule has 1 heterocycles. The SMILES string of the molecule is [B]C(=O)N[C@H](/C=C/C)C[C@@H]1CCONC1=O. The van der Waals surface area contributed by atoms with Crippen LogP contribution in [0.4, 0.5) is 4.79 Å². The van der Waals surface area contributed by atoms with Crippen LogP contribution in [0.15, 0.2) is 12.2 Å². The molecule has 6 heteroatoms. The lowest BCUT2D eigenvalue weighted by molar-refractivity contribution is -0.145. The van der Waals surface area contributed by atoms with Crippen LogP contribution in [-0.4, -0.2) is 32.2 Å². The van der Waals surface area contributed by atoms with Gasteiger partial charge >= 0.3 is 0 Å². The Morgan fingerprint density at radius 1 is 1.81 bits per heavy atom. The lowest BCUT2D eigenvalue weighted by atomic mass is 9.94. The topological polar surface area (TPSA) is 67.4 Å². The fourth-order valence-electron chi connectivity index (χ4n) is 1.67. The molecule has 1 rings (SSSR count). The van der Waals surface area contributed by atoms with Gasteiger partial charge in [0.05, 0.1) is 6.61 Å². The van der Waals surface area contributed by atoms with Gasteiger partial charge in [0.15, 0.2) is 5.81 Å². The van der Waals surface area contributed by atoms with Crippen LogP contribution in [0.1, 0.15) is 19.8 Å². The van der Waals surface area contributed by atoms with Crippen molar-refractivity contribution in [3.8, 4) is 0 Å². The molecule has 0 aromatic heterocycles. The van der Waals surface area contributed by atoms with Crippen molar-refractivity contribution in [2.45, 2.75) is 25.8 Å². The van der Waals surface area contributed by atoms with Crippen LogP contribution in [0.2, 0.25) is 0 Å². The molecule has 5 nitrogen and oxygen atoms in total. The van der Waals surface area contributed by atoms with Gasteiger partial charge < -0.3 is 5.32 Å². The molecule has 1 fully saturated rings. The van der Waals surface area contributed by atoms with E-state index < -0.39 is 5.81 Å². The lowest BCUT2D eigenvalue weighted by Gasteiger charge is -2.24. The van der Waals surface area contributed by atoms with Crippen molar-refractivity contribution in [2.24, 2.45) is 5.92 Å². The Bertz CT molecular complexity index is 294. The lowest BCUT2D eigenvalue weighted by Crippen LogP contribution is -2.42. The first-order valence-corrected chi connectivity index (χ1v) is 5.24. The van der Waals surface area contributed by atoms with E-state index in [0.717, 1.165) is 0 Å². The summed E-state index contributed by atoms with van der Waals surface area (Å²) in [6.07, 6.45) is 4.81. The summed E-state index contributed by atoms with van der Waals surface area (Å²) in [7, 11) is 5.05. The van der Waals surface area contributed by atoms with Crippen molar-refractivity contribution >= 4 is 19.6 Å². The number of rotatable bonds is 4. The average Bonchev–Trinajstić information content (AvgIpc) is 2.21. The van der Waals surface area contributed by atoms with E-state index in [9.17, 15) is 9.59 Å². The quantitative estimate of drug-likeness (QED) is 0.529. The number of carbonyl (C=O) groups is 2.